The summed E-state index contributed by atoms with van der Waals surface area (Å²) in [6.07, 6.45) is 0.444. The molecule has 6 heteroatoms. The Kier molecular flexibility index (Phi) is 4.59. The van der Waals surface area contributed by atoms with Crippen molar-refractivity contribution < 1.29 is 14.3 Å². The zero-order valence-corrected chi connectivity index (χ0v) is 12.6. The lowest BCUT2D eigenvalue weighted by molar-refractivity contribution is -0.132. The van der Waals surface area contributed by atoms with E-state index >= 15 is 0 Å². The molecule has 2 saturated heterocycles. The number of para-hydroxylation sites is 1. The Morgan fingerprint density at radius 3 is 2.55 bits per heavy atom. The molecule has 0 aliphatic carbocycles. The number of carbonyl (C=O) groups is 1. The molecule has 1 aromatic rings. The van der Waals surface area contributed by atoms with Crippen LogP contribution in [0.25, 0.3) is 0 Å². The summed E-state index contributed by atoms with van der Waals surface area (Å²) < 4.78 is 13.8. The highest BCUT2D eigenvalue weighted by atomic mass is 19.1. The van der Waals surface area contributed by atoms with Gasteiger partial charge in [-0.3, -0.25) is 9.69 Å². The number of hydrogen-bond donors (Lipinski definition) is 1. The zero-order chi connectivity index (χ0) is 15.5. The number of aliphatic hydroxyl groups is 1. The lowest BCUT2D eigenvalue weighted by atomic mass is 10.2. The Morgan fingerprint density at radius 2 is 1.91 bits per heavy atom. The first-order valence-corrected chi connectivity index (χ1v) is 7.81. The minimum absolute atomic E-state index is 0.0993. The van der Waals surface area contributed by atoms with Gasteiger partial charge >= 0.3 is 0 Å². The second kappa shape index (κ2) is 6.62. The third-order valence-electron chi connectivity index (χ3n) is 4.43. The predicted octanol–water partition coefficient (Wildman–Crippen LogP) is 0.541. The molecule has 1 amide bonds. The molecular weight excluding hydrogens is 285 g/mol. The van der Waals surface area contributed by atoms with Crippen molar-refractivity contribution in [1.29, 1.82) is 0 Å². The van der Waals surface area contributed by atoms with E-state index < -0.39 is 0 Å². The van der Waals surface area contributed by atoms with Gasteiger partial charge in [-0.1, -0.05) is 12.1 Å². The first kappa shape index (κ1) is 15.2. The number of amides is 1. The molecule has 0 bridgehead atoms. The van der Waals surface area contributed by atoms with Crippen LogP contribution in [-0.4, -0.2) is 72.7 Å². The third kappa shape index (κ3) is 3.39. The summed E-state index contributed by atoms with van der Waals surface area (Å²) in [4.78, 5) is 18.1. The minimum Gasteiger partial charge on any atom is -0.392 e. The summed E-state index contributed by atoms with van der Waals surface area (Å²) in [6.45, 7) is 4.26. The van der Waals surface area contributed by atoms with E-state index in [-0.39, 0.29) is 17.8 Å². The van der Waals surface area contributed by atoms with Crippen LogP contribution in [0, 0.1) is 5.82 Å². The van der Waals surface area contributed by atoms with Gasteiger partial charge in [-0.25, -0.2) is 4.39 Å². The fraction of sp³-hybridized carbons (Fsp3) is 0.562. The number of β-amino-alcohol motifs (C(OH)–C–C–N with tert-alkyl or cyclic N) is 1. The number of nitrogens with zero attached hydrogens (tertiary/aromatic N) is 3. The molecule has 1 atom stereocenters. The maximum absolute atomic E-state index is 13.8. The van der Waals surface area contributed by atoms with Crippen LogP contribution >= 0.6 is 0 Å². The highest BCUT2D eigenvalue weighted by Gasteiger charge is 2.26. The van der Waals surface area contributed by atoms with Gasteiger partial charge in [0.1, 0.15) is 5.82 Å². The lowest BCUT2D eigenvalue weighted by Crippen LogP contribution is -2.51. The Hall–Kier alpha value is -1.66. The first-order chi connectivity index (χ1) is 10.6. The van der Waals surface area contributed by atoms with Gasteiger partial charge in [0.15, 0.2) is 0 Å². The molecule has 0 radical (unpaired) electrons. The molecule has 2 aliphatic heterocycles. The fourth-order valence-corrected chi connectivity index (χ4v) is 3.15. The molecule has 120 valence electrons. The molecule has 2 aliphatic rings. The van der Waals surface area contributed by atoms with E-state index in [2.05, 4.69) is 0 Å². The summed E-state index contributed by atoms with van der Waals surface area (Å²) in [6, 6.07) is 6.75. The predicted molar refractivity (Wildman–Crippen MR) is 82.3 cm³/mol. The summed E-state index contributed by atoms with van der Waals surface area (Å²) in [5.41, 5.74) is 0.609. The van der Waals surface area contributed by atoms with E-state index in [0.29, 0.717) is 45.0 Å². The molecule has 0 unspecified atom stereocenters. The van der Waals surface area contributed by atoms with E-state index in [1.807, 2.05) is 20.8 Å². The van der Waals surface area contributed by atoms with Crippen LogP contribution in [0.4, 0.5) is 10.1 Å². The molecule has 1 aromatic carbocycles. The molecule has 2 fully saturated rings. The number of aliphatic hydroxyl groups excluding tert-OH is 1. The number of piperazine rings is 1. The number of halogens is 1. The van der Waals surface area contributed by atoms with Gasteiger partial charge in [-0.2, -0.15) is 0 Å². The Bertz CT molecular complexity index is 532. The molecule has 22 heavy (non-hydrogen) atoms. The molecule has 5 nitrogen and oxygen atoms in total. The van der Waals surface area contributed by atoms with Crippen LogP contribution in [0.5, 0.6) is 0 Å². The maximum Gasteiger partial charge on any atom is 0.236 e. The van der Waals surface area contributed by atoms with Gasteiger partial charge in [-0.05, 0) is 18.6 Å². The van der Waals surface area contributed by atoms with Crippen molar-refractivity contribution in [3.05, 3.63) is 30.1 Å². The second-order valence-electron chi connectivity index (χ2n) is 6.00. The number of likely N-dealkylation sites (tertiary alicyclic amines) is 1. The minimum atomic E-state index is -0.300. The third-order valence-corrected chi connectivity index (χ3v) is 4.43. The standard InChI is InChI=1S/C16H22FN3O2/c17-14-3-1-2-4-15(14)19-7-9-20(10-8-19)16(22)12-18-6-5-13(21)11-18/h1-4,13,21H,5-12H2/t13-/m0/s1. The van der Waals surface area contributed by atoms with E-state index in [0.717, 1.165) is 13.0 Å². The molecule has 0 saturated carbocycles. The number of benzene rings is 1. The van der Waals surface area contributed by atoms with Gasteiger partial charge < -0.3 is 14.9 Å². The Balaban J connectivity index is 1.51. The quantitative estimate of drug-likeness (QED) is 0.885. The SMILES string of the molecule is O=C(CN1CC[C@H](O)C1)N1CCN(c2ccccc2F)CC1. The normalized spacial score (nSPS) is 23.1. The summed E-state index contributed by atoms with van der Waals surface area (Å²) in [5.74, 6) is -0.115. The van der Waals surface area contributed by atoms with Crippen LogP contribution < -0.4 is 4.90 Å². The van der Waals surface area contributed by atoms with Gasteiger partial charge in [-0.15, -0.1) is 0 Å². The highest BCUT2D eigenvalue weighted by Crippen LogP contribution is 2.20. The van der Waals surface area contributed by atoms with Crippen LogP contribution in [-0.2, 0) is 4.79 Å². The zero-order valence-electron chi connectivity index (χ0n) is 12.6. The number of rotatable bonds is 3. The number of carbonyl (C=O) groups excluding carboxylic acids is 1. The van der Waals surface area contributed by atoms with Crippen molar-refractivity contribution >= 4 is 11.6 Å². The van der Waals surface area contributed by atoms with Crippen LogP contribution in [0.1, 0.15) is 6.42 Å². The van der Waals surface area contributed by atoms with Crippen molar-refractivity contribution in [3.8, 4) is 0 Å². The highest BCUT2D eigenvalue weighted by molar-refractivity contribution is 5.78. The summed E-state index contributed by atoms with van der Waals surface area (Å²) in [5, 5.41) is 9.50. The van der Waals surface area contributed by atoms with Gasteiger partial charge in [0.05, 0.1) is 18.3 Å². The van der Waals surface area contributed by atoms with Crippen molar-refractivity contribution in [2.24, 2.45) is 0 Å². The molecule has 3 rings (SSSR count). The maximum atomic E-state index is 13.8. The average Bonchev–Trinajstić information content (AvgIpc) is 2.93. The van der Waals surface area contributed by atoms with Gasteiger partial charge in [0.25, 0.3) is 0 Å². The summed E-state index contributed by atoms with van der Waals surface area (Å²) in [7, 11) is 0. The van der Waals surface area contributed by atoms with Crippen molar-refractivity contribution in [2.45, 2.75) is 12.5 Å². The molecule has 2 heterocycles. The smallest absolute Gasteiger partial charge is 0.236 e. The average molecular weight is 307 g/mol. The fourth-order valence-electron chi connectivity index (χ4n) is 3.15. The van der Waals surface area contributed by atoms with Crippen molar-refractivity contribution in [3.63, 3.8) is 0 Å². The van der Waals surface area contributed by atoms with E-state index in [1.54, 1.807) is 12.1 Å². The largest absolute Gasteiger partial charge is 0.392 e. The second-order valence-corrected chi connectivity index (χ2v) is 6.00. The van der Waals surface area contributed by atoms with Crippen LogP contribution in [0.15, 0.2) is 24.3 Å². The van der Waals surface area contributed by atoms with Gasteiger partial charge in [0.2, 0.25) is 5.91 Å². The van der Waals surface area contributed by atoms with Crippen molar-refractivity contribution in [2.75, 3.05) is 50.7 Å². The molecule has 0 aromatic heterocycles. The monoisotopic (exact) mass is 307 g/mol. The van der Waals surface area contributed by atoms with Crippen LogP contribution in [0.3, 0.4) is 0 Å². The molecule has 1 N–H and O–H groups in total. The lowest BCUT2D eigenvalue weighted by Gasteiger charge is -2.36. The Labute approximate surface area is 129 Å². The number of hydrogen-bond acceptors (Lipinski definition) is 4. The van der Waals surface area contributed by atoms with E-state index in [1.165, 1.54) is 6.07 Å². The Morgan fingerprint density at radius 1 is 1.18 bits per heavy atom. The first-order valence-electron chi connectivity index (χ1n) is 7.81. The molecule has 0 spiro atoms. The van der Waals surface area contributed by atoms with E-state index in [9.17, 15) is 14.3 Å². The van der Waals surface area contributed by atoms with Crippen LogP contribution in [0.2, 0.25) is 0 Å². The molecular formula is C16H22FN3O2. The number of anilines is 1. The summed E-state index contributed by atoms with van der Waals surface area (Å²) >= 11 is 0. The topological polar surface area (TPSA) is 47.0 Å². The van der Waals surface area contributed by atoms with Crippen molar-refractivity contribution in [1.82, 2.24) is 9.80 Å². The van der Waals surface area contributed by atoms with E-state index in [4.69, 9.17) is 0 Å². The van der Waals surface area contributed by atoms with Gasteiger partial charge in [0, 0.05) is 39.3 Å².